The number of imidazole rings is 1. The Morgan fingerprint density at radius 2 is 1.47 bits per heavy atom. The predicted octanol–water partition coefficient (Wildman–Crippen LogP) is 6.75. The van der Waals surface area contributed by atoms with Crippen LogP contribution in [0.15, 0.2) is 54.6 Å². The van der Waals surface area contributed by atoms with Gasteiger partial charge in [-0.1, -0.05) is 12.1 Å². The van der Waals surface area contributed by atoms with E-state index >= 15 is 0 Å². The molecule has 45 heavy (non-hydrogen) atoms. The van der Waals surface area contributed by atoms with Crippen LogP contribution in [-0.2, 0) is 7.05 Å². The molecule has 0 aliphatic carbocycles. The monoisotopic (exact) mass is 625 g/mol. The number of nitrogens with zero attached hydrogens (tertiary/aromatic N) is 5. The molecule has 3 aromatic carbocycles. The molecule has 0 amide bonds. The summed E-state index contributed by atoms with van der Waals surface area (Å²) in [5.41, 5.74) is 8.58. The molecule has 7 nitrogen and oxygen atoms in total. The number of ether oxygens (including phenoxy) is 2. The van der Waals surface area contributed by atoms with Gasteiger partial charge in [-0.2, -0.15) is 11.8 Å². The van der Waals surface area contributed by atoms with Crippen molar-refractivity contribution in [2.24, 2.45) is 7.05 Å². The summed E-state index contributed by atoms with van der Waals surface area (Å²) < 4.78 is 13.4. The molecule has 0 spiro atoms. The standard InChI is InChI=1S/C37H47N5O2S/c1-25(2)40-16-18-42(19-17-40)30-9-6-26(7-10-30)29-20-32(27-12-14-41(15-13-27)31-23-45-24-31)36-33(21-29)39(3)37(38-36)28-8-11-34(43-4)35(22-28)44-5/h6-11,20-22,25,27,31H,12-19,23-24H2,1-5H3. The van der Waals surface area contributed by atoms with Gasteiger partial charge in [-0.3, -0.25) is 9.80 Å². The normalized spacial score (nSPS) is 18.9. The lowest BCUT2D eigenvalue weighted by Gasteiger charge is -2.41. The van der Waals surface area contributed by atoms with E-state index in [1.54, 1.807) is 14.2 Å². The Morgan fingerprint density at radius 3 is 2.09 bits per heavy atom. The third-order valence-corrected chi connectivity index (χ3v) is 11.6. The minimum absolute atomic E-state index is 0.501. The summed E-state index contributed by atoms with van der Waals surface area (Å²) in [6.07, 6.45) is 2.37. The van der Waals surface area contributed by atoms with E-state index in [4.69, 9.17) is 14.5 Å². The zero-order chi connectivity index (χ0) is 31.1. The Bertz CT molecular complexity index is 1630. The first-order valence-corrected chi connectivity index (χ1v) is 17.7. The lowest BCUT2D eigenvalue weighted by atomic mass is 9.86. The van der Waals surface area contributed by atoms with Crippen molar-refractivity contribution in [2.75, 3.05) is 69.9 Å². The number of piperidine rings is 1. The van der Waals surface area contributed by atoms with E-state index in [-0.39, 0.29) is 0 Å². The summed E-state index contributed by atoms with van der Waals surface area (Å²) in [5, 5.41) is 0. The summed E-state index contributed by atoms with van der Waals surface area (Å²) in [7, 11) is 5.51. The molecule has 3 saturated heterocycles. The molecule has 7 rings (SSSR count). The summed E-state index contributed by atoms with van der Waals surface area (Å²) in [6.45, 7) is 11.4. The largest absolute Gasteiger partial charge is 0.493 e. The van der Waals surface area contributed by atoms with E-state index < -0.39 is 0 Å². The quantitative estimate of drug-likeness (QED) is 0.215. The van der Waals surface area contributed by atoms with Crippen LogP contribution in [0.25, 0.3) is 33.5 Å². The SMILES string of the molecule is COc1ccc(-c2nc3c(C4CCN(C5CSC5)CC4)cc(-c4ccc(N5CCN(C(C)C)CC5)cc4)cc3n2C)cc1OC. The smallest absolute Gasteiger partial charge is 0.161 e. The molecule has 4 heterocycles. The van der Waals surface area contributed by atoms with Gasteiger partial charge < -0.3 is 18.9 Å². The van der Waals surface area contributed by atoms with Crippen molar-refractivity contribution in [3.63, 3.8) is 0 Å². The number of fused-ring (bicyclic) bond motifs is 1. The highest BCUT2D eigenvalue weighted by atomic mass is 32.2. The molecule has 3 aliphatic rings. The molecule has 0 unspecified atom stereocenters. The summed E-state index contributed by atoms with van der Waals surface area (Å²) in [6, 6.07) is 21.5. The van der Waals surface area contributed by atoms with Gasteiger partial charge in [0.05, 0.1) is 25.3 Å². The molecule has 0 bridgehead atoms. The van der Waals surface area contributed by atoms with Gasteiger partial charge in [-0.15, -0.1) is 0 Å². The molecule has 4 aromatic rings. The van der Waals surface area contributed by atoms with E-state index in [9.17, 15) is 0 Å². The van der Waals surface area contributed by atoms with Crippen molar-refractivity contribution in [2.45, 2.75) is 44.7 Å². The minimum atomic E-state index is 0.501. The zero-order valence-electron chi connectivity index (χ0n) is 27.5. The van der Waals surface area contributed by atoms with Crippen LogP contribution >= 0.6 is 11.8 Å². The van der Waals surface area contributed by atoms with Gasteiger partial charge in [0.25, 0.3) is 0 Å². The highest BCUT2D eigenvalue weighted by molar-refractivity contribution is 8.00. The number of methoxy groups -OCH3 is 2. The van der Waals surface area contributed by atoms with Gasteiger partial charge in [-0.05, 0) is 105 Å². The highest BCUT2D eigenvalue weighted by Gasteiger charge is 2.31. The van der Waals surface area contributed by atoms with E-state index in [1.807, 2.05) is 12.1 Å². The lowest BCUT2D eigenvalue weighted by molar-refractivity contribution is 0.171. The van der Waals surface area contributed by atoms with Gasteiger partial charge in [0.15, 0.2) is 11.5 Å². The second-order valence-corrected chi connectivity index (χ2v) is 14.2. The van der Waals surface area contributed by atoms with Crippen molar-refractivity contribution in [3.05, 3.63) is 60.2 Å². The van der Waals surface area contributed by atoms with Gasteiger partial charge >= 0.3 is 0 Å². The Hall–Kier alpha value is -3.20. The first-order valence-electron chi connectivity index (χ1n) is 16.6. The van der Waals surface area contributed by atoms with Crippen molar-refractivity contribution >= 4 is 28.5 Å². The molecule has 3 fully saturated rings. The fraction of sp³-hybridized carbons (Fsp3) is 0.486. The number of piperazine rings is 1. The predicted molar refractivity (Wildman–Crippen MR) is 188 cm³/mol. The maximum Gasteiger partial charge on any atom is 0.161 e. The molecule has 0 saturated carbocycles. The van der Waals surface area contributed by atoms with Crippen molar-refractivity contribution in [1.82, 2.24) is 19.4 Å². The van der Waals surface area contributed by atoms with Gasteiger partial charge in [0.2, 0.25) is 0 Å². The second kappa shape index (κ2) is 12.9. The highest BCUT2D eigenvalue weighted by Crippen LogP contribution is 2.40. The summed E-state index contributed by atoms with van der Waals surface area (Å²) >= 11 is 2.08. The Morgan fingerprint density at radius 1 is 0.778 bits per heavy atom. The Labute approximate surface area is 272 Å². The number of anilines is 1. The average Bonchev–Trinajstić information content (AvgIpc) is 3.39. The fourth-order valence-electron chi connectivity index (χ4n) is 7.40. The van der Waals surface area contributed by atoms with Crippen LogP contribution in [0.1, 0.15) is 38.2 Å². The lowest BCUT2D eigenvalue weighted by Crippen LogP contribution is -2.48. The molecule has 0 N–H and O–H groups in total. The molecule has 0 radical (unpaired) electrons. The van der Waals surface area contributed by atoms with Crippen LogP contribution in [0.5, 0.6) is 11.5 Å². The molecular weight excluding hydrogens is 579 g/mol. The number of rotatable bonds is 8. The maximum atomic E-state index is 5.65. The van der Waals surface area contributed by atoms with Crippen LogP contribution in [0, 0.1) is 0 Å². The van der Waals surface area contributed by atoms with Gasteiger partial charge in [0.1, 0.15) is 5.82 Å². The molecule has 238 valence electrons. The zero-order valence-corrected chi connectivity index (χ0v) is 28.3. The minimum Gasteiger partial charge on any atom is -0.493 e. The van der Waals surface area contributed by atoms with E-state index in [0.717, 1.165) is 60.6 Å². The average molecular weight is 626 g/mol. The molecule has 1 aromatic heterocycles. The first kappa shape index (κ1) is 30.5. The Kier molecular flexibility index (Phi) is 8.73. The van der Waals surface area contributed by atoms with E-state index in [2.05, 4.69) is 94.4 Å². The summed E-state index contributed by atoms with van der Waals surface area (Å²) in [4.78, 5) is 13.2. The van der Waals surface area contributed by atoms with E-state index in [1.165, 1.54) is 65.3 Å². The number of thioether (sulfide) groups is 1. The Balaban J connectivity index is 1.24. The number of hydrogen-bond donors (Lipinski definition) is 0. The number of benzene rings is 3. The fourth-order valence-corrected chi connectivity index (χ4v) is 8.26. The summed E-state index contributed by atoms with van der Waals surface area (Å²) in [5.74, 6) is 5.48. The third-order valence-electron chi connectivity index (χ3n) is 10.4. The van der Waals surface area contributed by atoms with Crippen LogP contribution in [-0.4, -0.2) is 96.4 Å². The number of likely N-dealkylation sites (tertiary alicyclic amines) is 1. The maximum absolute atomic E-state index is 5.65. The van der Waals surface area contributed by atoms with Crippen molar-refractivity contribution < 1.29 is 9.47 Å². The van der Waals surface area contributed by atoms with Crippen LogP contribution in [0.2, 0.25) is 0 Å². The van der Waals surface area contributed by atoms with Crippen LogP contribution in [0.3, 0.4) is 0 Å². The molecular formula is C37H47N5O2S. The molecule has 0 atom stereocenters. The number of aromatic nitrogens is 2. The van der Waals surface area contributed by atoms with Gasteiger partial charge in [-0.25, -0.2) is 4.98 Å². The molecule has 8 heteroatoms. The van der Waals surface area contributed by atoms with E-state index in [0.29, 0.717) is 12.0 Å². The number of hydrogen-bond acceptors (Lipinski definition) is 7. The second-order valence-electron chi connectivity index (χ2n) is 13.2. The topological polar surface area (TPSA) is 46.0 Å². The molecule has 3 aliphatic heterocycles. The van der Waals surface area contributed by atoms with Crippen molar-refractivity contribution in [1.29, 1.82) is 0 Å². The van der Waals surface area contributed by atoms with Gasteiger partial charge in [0, 0.05) is 68.1 Å². The first-order chi connectivity index (χ1) is 21.9. The number of aryl methyl sites for hydroxylation is 1. The third kappa shape index (κ3) is 5.93. The van der Waals surface area contributed by atoms with Crippen LogP contribution < -0.4 is 14.4 Å². The van der Waals surface area contributed by atoms with Crippen LogP contribution in [0.4, 0.5) is 5.69 Å². The van der Waals surface area contributed by atoms with Crippen molar-refractivity contribution in [3.8, 4) is 34.0 Å².